The highest BCUT2D eigenvalue weighted by Crippen LogP contribution is 2.39. The summed E-state index contributed by atoms with van der Waals surface area (Å²) in [7, 11) is 0. The van der Waals surface area contributed by atoms with Gasteiger partial charge in [-0.25, -0.2) is 4.98 Å². The minimum atomic E-state index is -1.53. The van der Waals surface area contributed by atoms with E-state index < -0.39 is 11.4 Å². The van der Waals surface area contributed by atoms with E-state index in [0.29, 0.717) is 17.4 Å². The van der Waals surface area contributed by atoms with Gasteiger partial charge in [0, 0.05) is 23.7 Å². The number of nitrogens with zero attached hydrogens (tertiary/aromatic N) is 4. The van der Waals surface area contributed by atoms with Gasteiger partial charge < -0.3 is 9.29 Å². The topological polar surface area (TPSA) is 87.9 Å². The Labute approximate surface area is 259 Å². The Morgan fingerprint density at radius 3 is 2.40 bits per heavy atom. The van der Waals surface area contributed by atoms with Gasteiger partial charge in [0.15, 0.2) is 4.90 Å². The van der Waals surface area contributed by atoms with E-state index >= 15 is 0 Å². The molecule has 228 valence electrons. The van der Waals surface area contributed by atoms with Crippen molar-refractivity contribution in [3.8, 4) is 17.1 Å². The zero-order chi connectivity index (χ0) is 30.9. The van der Waals surface area contributed by atoms with Gasteiger partial charge in [-0.3, -0.25) is 4.68 Å². The van der Waals surface area contributed by atoms with E-state index in [1.807, 2.05) is 36.5 Å². The number of anilines is 1. The second-order valence-electron chi connectivity index (χ2n) is 14.1. The van der Waals surface area contributed by atoms with E-state index in [2.05, 4.69) is 89.2 Å². The van der Waals surface area contributed by atoms with E-state index in [0.717, 1.165) is 47.2 Å². The molecule has 3 heterocycles. The molecule has 3 atom stereocenters. The molecule has 2 aromatic carbocycles. The Kier molecular flexibility index (Phi) is 8.91. The first kappa shape index (κ1) is 31.1. The molecule has 5 rings (SSSR count). The molecule has 0 saturated heterocycles. The molecule has 8 heteroatoms. The largest absolute Gasteiger partial charge is 0.588 e. The predicted molar refractivity (Wildman–Crippen MR) is 175 cm³/mol. The molecule has 0 aliphatic carbocycles. The molecule has 0 amide bonds. The average Bonchev–Trinajstić information content (AvgIpc) is 3.41. The maximum Gasteiger partial charge on any atom is 0.269 e. The summed E-state index contributed by atoms with van der Waals surface area (Å²) >= 11 is -1.53. The van der Waals surface area contributed by atoms with Crippen molar-refractivity contribution in [3.05, 3.63) is 83.2 Å². The van der Waals surface area contributed by atoms with E-state index in [1.54, 1.807) is 0 Å². The van der Waals surface area contributed by atoms with Crippen molar-refractivity contribution in [2.45, 2.75) is 91.0 Å². The maximum atomic E-state index is 13.5. The molecule has 4 bridgehead atoms. The van der Waals surface area contributed by atoms with Gasteiger partial charge in [-0.2, -0.15) is 14.8 Å². The van der Waals surface area contributed by atoms with Gasteiger partial charge in [-0.15, -0.1) is 0 Å². The molecule has 4 aromatic rings. The fourth-order valence-electron chi connectivity index (χ4n) is 6.04. The number of ether oxygens (including phenoxy) is 1. The molecule has 7 nitrogen and oxygen atoms in total. The van der Waals surface area contributed by atoms with Gasteiger partial charge in [0.25, 0.3) is 5.95 Å². The summed E-state index contributed by atoms with van der Waals surface area (Å²) in [6, 6.07) is 16.1. The van der Waals surface area contributed by atoms with Crippen LogP contribution < -0.4 is 9.46 Å². The Hall–Kier alpha value is -3.36. The zero-order valence-electron chi connectivity index (χ0n) is 26.8. The van der Waals surface area contributed by atoms with Crippen molar-refractivity contribution in [1.29, 1.82) is 0 Å². The quantitative estimate of drug-likeness (QED) is 0.240. The second kappa shape index (κ2) is 12.3. The van der Waals surface area contributed by atoms with Crippen LogP contribution in [-0.4, -0.2) is 30.9 Å². The molecule has 1 aliphatic rings. The molecular formula is C35H45N5O2S. The number of fused-ring (bicyclic) bond motifs is 4. The molecule has 2 aromatic heterocycles. The first-order chi connectivity index (χ1) is 20.3. The van der Waals surface area contributed by atoms with Gasteiger partial charge in [-0.05, 0) is 99.6 Å². The van der Waals surface area contributed by atoms with Crippen LogP contribution in [0.4, 0.5) is 5.95 Å². The third kappa shape index (κ3) is 7.60. The minimum Gasteiger partial charge on any atom is -0.588 e. The van der Waals surface area contributed by atoms with Gasteiger partial charge in [0.2, 0.25) is 5.88 Å². The van der Waals surface area contributed by atoms with Crippen molar-refractivity contribution in [3.63, 3.8) is 0 Å². The predicted octanol–water partition coefficient (Wildman–Crippen LogP) is 8.01. The standard InChI is InChI=1S/C35H45N5O2S/c1-23-11-9-12-24(2)32(23)30-18-31-38-33(37-30)39-43(41)28-14-10-13-25(17-28)15-16-29(26(22-42-31)19-34(3,4)5)27-20-36-40(21-27)35(6,7)8/h9-14,17-18,20-21,26,29H,15-16,19,22H2,1-8H3,(H,37,38,39)/t26-,29?,43?/m1/s1. The molecule has 0 fully saturated rings. The van der Waals surface area contributed by atoms with Crippen LogP contribution in [0.2, 0.25) is 0 Å². The number of nitrogens with one attached hydrogen (secondary N) is 1. The summed E-state index contributed by atoms with van der Waals surface area (Å²) in [5.74, 6) is 1.19. The minimum absolute atomic E-state index is 0.0936. The molecule has 1 N–H and O–H groups in total. The number of rotatable bonds is 3. The van der Waals surface area contributed by atoms with Crippen LogP contribution in [0, 0.1) is 25.2 Å². The molecule has 2 unspecified atom stereocenters. The van der Waals surface area contributed by atoms with Crippen LogP contribution in [-0.2, 0) is 23.3 Å². The molecule has 1 aliphatic heterocycles. The van der Waals surface area contributed by atoms with Crippen LogP contribution in [0.5, 0.6) is 5.88 Å². The summed E-state index contributed by atoms with van der Waals surface area (Å²) in [6.45, 7) is 18.0. The van der Waals surface area contributed by atoms with E-state index in [4.69, 9.17) is 19.8 Å². The molecule has 0 spiro atoms. The number of hydrogen-bond donors (Lipinski definition) is 1. The Bertz CT molecular complexity index is 1550. The smallest absolute Gasteiger partial charge is 0.269 e. The van der Waals surface area contributed by atoms with Gasteiger partial charge in [0.05, 0.1) is 24.0 Å². The number of aryl methyl sites for hydroxylation is 3. The monoisotopic (exact) mass is 599 g/mol. The van der Waals surface area contributed by atoms with Gasteiger partial charge in [-0.1, -0.05) is 51.1 Å². The van der Waals surface area contributed by atoms with Crippen molar-refractivity contribution >= 4 is 17.3 Å². The fraction of sp³-hybridized carbons (Fsp3) is 0.457. The lowest BCUT2D eigenvalue weighted by molar-refractivity contribution is 0.163. The van der Waals surface area contributed by atoms with Crippen molar-refractivity contribution < 1.29 is 9.29 Å². The highest BCUT2D eigenvalue weighted by molar-refractivity contribution is 7.92. The summed E-state index contributed by atoms with van der Waals surface area (Å²) in [5.41, 5.74) is 6.36. The lowest BCUT2D eigenvalue weighted by atomic mass is 9.75. The summed E-state index contributed by atoms with van der Waals surface area (Å²) in [5, 5.41) is 4.77. The zero-order valence-corrected chi connectivity index (χ0v) is 27.6. The number of benzene rings is 2. The van der Waals surface area contributed by atoms with Crippen LogP contribution in [0.3, 0.4) is 0 Å². The second-order valence-corrected chi connectivity index (χ2v) is 15.3. The summed E-state index contributed by atoms with van der Waals surface area (Å²) in [6.07, 6.45) is 7.00. The van der Waals surface area contributed by atoms with Crippen LogP contribution in [0.1, 0.15) is 82.6 Å². The molecule has 0 radical (unpaired) electrons. The first-order valence-corrected chi connectivity index (χ1v) is 16.3. The maximum absolute atomic E-state index is 13.5. The van der Waals surface area contributed by atoms with Crippen LogP contribution >= 0.6 is 0 Å². The molecule has 43 heavy (non-hydrogen) atoms. The van der Waals surface area contributed by atoms with E-state index in [-0.39, 0.29) is 28.7 Å². The average molecular weight is 600 g/mol. The van der Waals surface area contributed by atoms with Crippen molar-refractivity contribution in [2.24, 2.45) is 11.3 Å². The Morgan fingerprint density at radius 2 is 1.72 bits per heavy atom. The van der Waals surface area contributed by atoms with Crippen molar-refractivity contribution in [2.75, 3.05) is 11.3 Å². The Balaban J connectivity index is 1.62. The van der Waals surface area contributed by atoms with Crippen LogP contribution in [0.15, 0.2) is 65.8 Å². The number of aromatic nitrogens is 4. The lowest BCUT2D eigenvalue weighted by Gasteiger charge is -2.32. The normalized spacial score (nSPS) is 19.7. The highest BCUT2D eigenvalue weighted by Gasteiger charge is 2.31. The number of hydrogen-bond acceptors (Lipinski definition) is 6. The van der Waals surface area contributed by atoms with Gasteiger partial charge in [0.1, 0.15) is 11.4 Å². The third-order valence-corrected chi connectivity index (χ3v) is 9.14. The van der Waals surface area contributed by atoms with E-state index in [9.17, 15) is 4.55 Å². The van der Waals surface area contributed by atoms with E-state index in [1.165, 1.54) is 5.56 Å². The Morgan fingerprint density at radius 1 is 1.00 bits per heavy atom. The van der Waals surface area contributed by atoms with Gasteiger partial charge >= 0.3 is 0 Å². The SMILES string of the molecule is Cc1cccc(C)c1-c1cc2nc(n1)N[S+]([O-])c1cccc(c1)CCC(c1cnn(C(C)(C)C)c1)[C@H](CC(C)(C)C)CO2. The lowest BCUT2D eigenvalue weighted by Crippen LogP contribution is -2.27. The van der Waals surface area contributed by atoms with Crippen LogP contribution in [0.25, 0.3) is 11.3 Å². The molecule has 0 saturated carbocycles. The molecular weight excluding hydrogens is 554 g/mol. The first-order valence-electron chi connectivity index (χ1n) is 15.2. The summed E-state index contributed by atoms with van der Waals surface area (Å²) < 4.78 is 25.2. The third-order valence-electron chi connectivity index (χ3n) is 8.09. The fourth-order valence-corrected chi connectivity index (χ4v) is 6.87. The van der Waals surface area contributed by atoms with Crippen molar-refractivity contribution in [1.82, 2.24) is 19.7 Å². The summed E-state index contributed by atoms with van der Waals surface area (Å²) in [4.78, 5) is 10.2. The highest BCUT2D eigenvalue weighted by atomic mass is 32.2.